The second-order valence-corrected chi connectivity index (χ2v) is 39.6. The molecule has 30 rings (SSSR count). The number of fused-ring (bicyclic) bond motifs is 27. The summed E-state index contributed by atoms with van der Waals surface area (Å²) < 4.78 is 4.79. The second-order valence-electron chi connectivity index (χ2n) is 39.6. The summed E-state index contributed by atoms with van der Waals surface area (Å²) in [7, 11) is 0. The molecule has 0 amide bonds. The fraction of sp³-hybridized carbons (Fsp3) is 0.0139. The van der Waals surface area contributed by atoms with Gasteiger partial charge in [-0.15, -0.1) is 0 Å². The van der Waals surface area contributed by atoms with Crippen molar-refractivity contribution in [3.63, 3.8) is 0 Å². The molecular weight excluding hydrogens is 1790 g/mol. The summed E-state index contributed by atoms with van der Waals surface area (Å²) in [6.07, 6.45) is 0. The Bertz CT molecular complexity index is 9630. The first-order valence-electron chi connectivity index (χ1n) is 51.3. The van der Waals surface area contributed by atoms with Crippen LogP contribution >= 0.6 is 0 Å². The third kappa shape index (κ3) is 13.7. The normalized spacial score (nSPS) is 12.7. The number of anilines is 6. The number of para-hydroxylation sites is 2. The van der Waals surface area contributed by atoms with E-state index in [4.69, 9.17) is 0 Å². The van der Waals surface area contributed by atoms with E-state index < -0.39 is 10.8 Å². The molecule has 0 bridgehead atoms. The highest BCUT2D eigenvalue weighted by Gasteiger charge is 2.54. The molecule has 4 aliphatic rings. The molecule has 2 heterocycles. The summed E-state index contributed by atoms with van der Waals surface area (Å²) >= 11 is 0. The van der Waals surface area contributed by atoms with Gasteiger partial charge in [-0.25, -0.2) is 0 Å². The van der Waals surface area contributed by atoms with Gasteiger partial charge in [0, 0.05) is 67.0 Å². The molecule has 2 aromatic heterocycles. The van der Waals surface area contributed by atoms with E-state index in [1.54, 1.807) is 0 Å². The molecule has 690 valence electrons. The predicted molar refractivity (Wildman–Crippen MR) is 619 cm³/mol. The summed E-state index contributed by atoms with van der Waals surface area (Å²) in [5.41, 5.74) is 50.7. The quantitative estimate of drug-likeness (QED) is 0.102. The molecule has 148 heavy (non-hydrogen) atoms. The lowest BCUT2D eigenvalue weighted by molar-refractivity contribution is 0.793. The molecule has 4 nitrogen and oxygen atoms in total. The van der Waals surface area contributed by atoms with Crippen LogP contribution in [0.2, 0.25) is 0 Å². The van der Waals surface area contributed by atoms with Gasteiger partial charge in [0.1, 0.15) is 0 Å². The van der Waals surface area contributed by atoms with Crippen molar-refractivity contribution >= 4 is 88.5 Å². The average molecular weight is 1880 g/mol. The monoisotopic (exact) mass is 1880 g/mol. The first kappa shape index (κ1) is 85.5. The Morgan fingerprint density at radius 1 is 0.128 bits per heavy atom. The van der Waals surface area contributed by atoms with Crippen molar-refractivity contribution in [3.05, 3.63) is 615 Å². The highest BCUT2D eigenvalue weighted by molar-refractivity contribution is 6.13. The van der Waals surface area contributed by atoms with Crippen LogP contribution in [-0.2, 0) is 10.8 Å². The average Bonchev–Trinajstić information content (AvgIpc) is 1.51. The minimum absolute atomic E-state index is 0.440. The maximum absolute atomic E-state index is 2.49. The van der Waals surface area contributed by atoms with E-state index in [9.17, 15) is 0 Å². The van der Waals surface area contributed by atoms with Crippen molar-refractivity contribution in [2.75, 3.05) is 9.80 Å². The van der Waals surface area contributed by atoms with Crippen molar-refractivity contribution in [3.8, 4) is 134 Å². The fourth-order valence-corrected chi connectivity index (χ4v) is 25.2. The van der Waals surface area contributed by atoms with Crippen molar-refractivity contribution in [1.82, 2.24) is 9.13 Å². The Balaban J connectivity index is 0.000000140. The van der Waals surface area contributed by atoms with E-state index >= 15 is 0 Å². The molecule has 0 saturated carbocycles. The van der Waals surface area contributed by atoms with E-state index in [1.165, 1.54) is 210 Å². The van der Waals surface area contributed by atoms with Crippen LogP contribution in [0, 0.1) is 0 Å². The van der Waals surface area contributed by atoms with Gasteiger partial charge >= 0.3 is 0 Å². The maximum Gasteiger partial charge on any atom is 0.0726 e. The fourth-order valence-electron chi connectivity index (χ4n) is 25.2. The lowest BCUT2D eigenvalue weighted by atomic mass is 9.70. The third-order valence-corrected chi connectivity index (χ3v) is 31.8. The van der Waals surface area contributed by atoms with Crippen LogP contribution in [0.1, 0.15) is 44.5 Å². The number of rotatable bonds is 15. The molecule has 26 aromatic rings. The van der Waals surface area contributed by atoms with Crippen LogP contribution < -0.4 is 9.80 Å². The molecular formula is C144H94N4. The van der Waals surface area contributed by atoms with Crippen molar-refractivity contribution < 1.29 is 0 Å². The van der Waals surface area contributed by atoms with E-state index in [0.29, 0.717) is 0 Å². The van der Waals surface area contributed by atoms with Gasteiger partial charge in [0.25, 0.3) is 0 Å². The van der Waals surface area contributed by atoms with Gasteiger partial charge < -0.3 is 18.9 Å². The first-order chi connectivity index (χ1) is 73.4. The molecule has 24 aromatic carbocycles. The van der Waals surface area contributed by atoms with Crippen LogP contribution in [0.25, 0.3) is 188 Å². The molecule has 0 aliphatic heterocycles. The van der Waals surface area contributed by atoms with Gasteiger partial charge in [-0.1, -0.05) is 437 Å². The van der Waals surface area contributed by atoms with Crippen molar-refractivity contribution in [2.45, 2.75) is 10.8 Å². The number of hydrogen-bond acceptors (Lipinski definition) is 2. The highest BCUT2D eigenvalue weighted by Crippen LogP contribution is 2.66. The van der Waals surface area contributed by atoms with Crippen molar-refractivity contribution in [2.24, 2.45) is 0 Å². The Labute approximate surface area is 860 Å². The summed E-state index contributed by atoms with van der Waals surface area (Å²) in [5.74, 6) is 0. The minimum atomic E-state index is -0.446. The van der Waals surface area contributed by atoms with Crippen molar-refractivity contribution in [1.29, 1.82) is 0 Å². The lowest BCUT2D eigenvalue weighted by Crippen LogP contribution is -2.26. The lowest BCUT2D eigenvalue weighted by Gasteiger charge is -2.32. The zero-order chi connectivity index (χ0) is 97.5. The van der Waals surface area contributed by atoms with Crippen LogP contribution in [0.5, 0.6) is 0 Å². The van der Waals surface area contributed by atoms with Crippen LogP contribution in [-0.4, -0.2) is 9.13 Å². The van der Waals surface area contributed by atoms with Gasteiger partial charge in [0.15, 0.2) is 0 Å². The summed E-state index contributed by atoms with van der Waals surface area (Å²) in [4.78, 5) is 4.90. The zero-order valence-electron chi connectivity index (χ0n) is 81.1. The van der Waals surface area contributed by atoms with E-state index in [-0.39, 0.29) is 0 Å². The number of benzene rings is 24. The smallest absolute Gasteiger partial charge is 0.0726 e. The van der Waals surface area contributed by atoms with Gasteiger partial charge in [0.05, 0.1) is 32.9 Å². The highest BCUT2D eigenvalue weighted by atomic mass is 15.1. The van der Waals surface area contributed by atoms with E-state index in [1.807, 2.05) is 0 Å². The largest absolute Gasteiger partial charge is 0.310 e. The predicted octanol–water partition coefficient (Wildman–Crippen LogP) is 38.0. The third-order valence-electron chi connectivity index (χ3n) is 31.8. The number of hydrogen-bond donors (Lipinski definition) is 0. The van der Waals surface area contributed by atoms with E-state index in [2.05, 4.69) is 589 Å². The maximum atomic E-state index is 2.49. The number of nitrogens with zero attached hydrogens (tertiary/aromatic N) is 4. The molecule has 0 unspecified atom stereocenters. The molecule has 0 radical (unpaired) electrons. The molecule has 0 saturated heterocycles. The summed E-state index contributed by atoms with van der Waals surface area (Å²) in [6, 6.07) is 211. The molecule has 0 fully saturated rings. The zero-order valence-corrected chi connectivity index (χ0v) is 81.1. The Morgan fingerprint density at radius 3 is 0.750 bits per heavy atom. The molecule has 0 atom stereocenters. The Morgan fingerprint density at radius 2 is 0.372 bits per heavy atom. The molecule has 4 heteroatoms. The topological polar surface area (TPSA) is 16.3 Å². The molecule has 2 spiro atoms. The van der Waals surface area contributed by atoms with Crippen LogP contribution in [0.15, 0.2) is 570 Å². The van der Waals surface area contributed by atoms with Gasteiger partial charge in [-0.2, -0.15) is 0 Å². The Hall–Kier alpha value is -19.3. The minimum Gasteiger partial charge on any atom is -0.310 e. The summed E-state index contributed by atoms with van der Waals surface area (Å²) in [6.45, 7) is 0. The van der Waals surface area contributed by atoms with Crippen LogP contribution in [0.3, 0.4) is 0 Å². The number of aromatic nitrogens is 2. The molecule has 0 N–H and O–H groups in total. The van der Waals surface area contributed by atoms with E-state index in [0.717, 1.165) is 56.6 Å². The van der Waals surface area contributed by atoms with Gasteiger partial charge in [0.2, 0.25) is 0 Å². The summed E-state index contributed by atoms with van der Waals surface area (Å²) in [5, 5.41) is 7.41. The first-order valence-corrected chi connectivity index (χ1v) is 51.3. The van der Waals surface area contributed by atoms with Gasteiger partial charge in [-0.3, -0.25) is 0 Å². The van der Waals surface area contributed by atoms with Crippen LogP contribution in [0.4, 0.5) is 34.1 Å². The second kappa shape index (κ2) is 34.8. The molecule has 4 aliphatic carbocycles. The standard InChI is InChI=1S/C73H48N2.C71H46N2/c1-3-16-49(17-4-1)51-34-39-57(40-35-51)74(60-43-44-64-63-24-9-13-28-69(63)73(70(64)48-60)67-26-11-7-22-61(67)62-23-8-12-27-68(62)73)59-21-15-20-55(46-59)53-30-32-54(33-31-53)56-38-45-72-66(47-56)65-25-10-14-29-71(65)75(72)58-41-36-52(37-42-58)50-18-5-2-6-19-50;1-2-15-47(16-3-1)49-33-37-55(38-34-49)73-69-28-13-9-24-63(69)64-45-54(36-42-70(64)73)51-31-29-50(30-32-51)53-19-14-20-56(43-53)72(57-39-35-48-17-4-5-18-52(48)44-57)58-40-41-62-61-23-8-12-27-67(61)71(68(62)46-58)65-25-10-6-21-59(65)60-22-7-11-26-66(60)71/h1-48H;1-46H. The SMILES string of the molecule is c1ccc(-c2ccc(-n3c4ccccc4c4cc(-c5ccc(-c6cccc(N(c7ccc8c(c7)C7(c9ccccc9-c9ccccc97)c7ccccc7-8)c7ccc8ccccc8c7)c6)cc5)ccc43)cc2)cc1.c1ccc(-c2ccc(N(c3cccc(-c4ccc(-c5ccc6c(c5)c5ccccc5n6-c5ccc(-c6ccccc6)cc5)cc4)c3)c3ccc4c(c3)C3(c5ccccc5-c5ccccc53)c3ccccc3-4)cc2)cc1. The van der Waals surface area contributed by atoms with Gasteiger partial charge in [-0.05, 0) is 311 Å². The Kier molecular flexibility index (Phi) is 20.1.